The monoisotopic (exact) mass is 330 g/mol. The first-order valence-corrected chi connectivity index (χ1v) is 7.24. The highest BCUT2D eigenvalue weighted by Gasteiger charge is 2.47. The Kier molecular flexibility index (Phi) is 4.03. The van der Waals surface area contributed by atoms with Crippen LogP contribution in [0.5, 0.6) is 0 Å². The minimum atomic E-state index is -1.24. The van der Waals surface area contributed by atoms with Crippen LogP contribution in [0.15, 0.2) is 58.9 Å². The average molecular weight is 330 g/mol. The molecule has 2 aromatic rings. The van der Waals surface area contributed by atoms with Crippen molar-refractivity contribution in [2.75, 3.05) is 0 Å². The van der Waals surface area contributed by atoms with E-state index < -0.39 is 27.9 Å². The van der Waals surface area contributed by atoms with Gasteiger partial charge in [-0.05, 0) is 31.2 Å². The summed E-state index contributed by atoms with van der Waals surface area (Å²) in [5.74, 6) is 0.203. The van der Waals surface area contributed by atoms with Gasteiger partial charge in [0.15, 0.2) is 6.10 Å². The van der Waals surface area contributed by atoms with Gasteiger partial charge in [0.1, 0.15) is 11.7 Å². The zero-order chi connectivity index (χ0) is 17.3. The third-order valence-corrected chi connectivity index (χ3v) is 3.96. The van der Waals surface area contributed by atoms with Gasteiger partial charge >= 0.3 is 0 Å². The highest BCUT2D eigenvalue weighted by Crippen LogP contribution is 2.42. The molecule has 3 rings (SSSR count). The zero-order valence-electron chi connectivity index (χ0n) is 12.7. The summed E-state index contributed by atoms with van der Waals surface area (Å²) in [4.78, 5) is 22.0. The van der Waals surface area contributed by atoms with Crippen LogP contribution in [0.3, 0.4) is 0 Å². The number of furan rings is 1. The molecule has 0 fully saturated rings. The highest BCUT2D eigenvalue weighted by molar-refractivity contribution is 5.43. The first-order valence-electron chi connectivity index (χ1n) is 7.24. The van der Waals surface area contributed by atoms with Gasteiger partial charge in [-0.25, -0.2) is 0 Å². The zero-order valence-corrected chi connectivity index (χ0v) is 12.7. The number of nitrogens with zero attached hydrogens (tertiary/aromatic N) is 2. The number of nitro groups is 2. The second-order valence-corrected chi connectivity index (χ2v) is 5.45. The van der Waals surface area contributed by atoms with Gasteiger partial charge in [0.2, 0.25) is 0 Å². The lowest BCUT2D eigenvalue weighted by Crippen LogP contribution is -2.37. The first-order chi connectivity index (χ1) is 11.5. The van der Waals surface area contributed by atoms with Gasteiger partial charge < -0.3 is 9.15 Å². The topological polar surface area (TPSA) is 109 Å². The molecule has 0 N–H and O–H groups in total. The average Bonchev–Trinajstić information content (AvgIpc) is 3.08. The van der Waals surface area contributed by atoms with Crippen LogP contribution in [0, 0.1) is 20.2 Å². The largest absolute Gasteiger partial charge is 0.483 e. The van der Waals surface area contributed by atoms with Crippen molar-refractivity contribution in [2.45, 2.75) is 25.0 Å². The molecule has 2 heterocycles. The Bertz CT molecular complexity index is 799. The van der Waals surface area contributed by atoms with E-state index in [0.717, 1.165) is 0 Å². The Balaban J connectivity index is 2.12. The summed E-state index contributed by atoms with van der Waals surface area (Å²) in [5.41, 5.74) is -0.0320. The van der Waals surface area contributed by atoms with Crippen LogP contribution in [-0.2, 0) is 4.74 Å². The molecule has 24 heavy (non-hydrogen) atoms. The van der Waals surface area contributed by atoms with E-state index >= 15 is 0 Å². The number of ether oxygens (including phenoxy) is 1. The Morgan fingerprint density at radius 3 is 2.46 bits per heavy atom. The SMILES string of the molecule is CC1=CC(c2ccco2)C([N+](=O)[O-])C(c2ccccc2[N+](=O)[O-])O1. The van der Waals surface area contributed by atoms with E-state index in [2.05, 4.69) is 0 Å². The molecule has 0 saturated heterocycles. The van der Waals surface area contributed by atoms with E-state index in [4.69, 9.17) is 9.15 Å². The van der Waals surface area contributed by atoms with E-state index in [1.165, 1.54) is 24.5 Å². The van der Waals surface area contributed by atoms with Gasteiger partial charge in [0.25, 0.3) is 11.7 Å². The van der Waals surface area contributed by atoms with Crippen LogP contribution >= 0.6 is 0 Å². The highest BCUT2D eigenvalue weighted by atomic mass is 16.6. The number of rotatable bonds is 4. The summed E-state index contributed by atoms with van der Waals surface area (Å²) < 4.78 is 11.0. The number of benzene rings is 1. The van der Waals surface area contributed by atoms with Crippen molar-refractivity contribution in [3.8, 4) is 0 Å². The van der Waals surface area contributed by atoms with Crippen LogP contribution in [0.4, 0.5) is 5.69 Å². The quantitative estimate of drug-likeness (QED) is 0.626. The summed E-state index contributed by atoms with van der Waals surface area (Å²) in [7, 11) is 0. The molecule has 8 nitrogen and oxygen atoms in total. The number of hydrogen-bond donors (Lipinski definition) is 0. The fraction of sp³-hybridized carbons (Fsp3) is 0.250. The molecule has 1 aliphatic rings. The van der Waals surface area contributed by atoms with Crippen molar-refractivity contribution in [3.63, 3.8) is 0 Å². The fourth-order valence-electron chi connectivity index (χ4n) is 2.96. The van der Waals surface area contributed by atoms with E-state index in [-0.39, 0.29) is 11.3 Å². The van der Waals surface area contributed by atoms with E-state index in [1.807, 2.05) is 0 Å². The number of para-hydroxylation sites is 1. The van der Waals surface area contributed by atoms with Gasteiger partial charge in [0.05, 0.1) is 22.5 Å². The minimum absolute atomic E-state index is 0.174. The van der Waals surface area contributed by atoms with Gasteiger partial charge in [-0.2, -0.15) is 0 Å². The van der Waals surface area contributed by atoms with Crippen molar-refractivity contribution in [1.29, 1.82) is 0 Å². The number of nitro benzene ring substituents is 1. The number of hydrogen-bond acceptors (Lipinski definition) is 6. The maximum Gasteiger partial charge on any atom is 0.276 e. The van der Waals surface area contributed by atoms with Gasteiger partial charge in [-0.15, -0.1) is 0 Å². The van der Waals surface area contributed by atoms with Gasteiger partial charge in [-0.1, -0.05) is 12.1 Å². The lowest BCUT2D eigenvalue weighted by atomic mass is 9.86. The van der Waals surface area contributed by atoms with Crippen LogP contribution in [-0.4, -0.2) is 15.9 Å². The van der Waals surface area contributed by atoms with Gasteiger partial charge in [0, 0.05) is 11.0 Å². The standard InChI is InChI=1S/C16H14N2O6/c1-10-9-12(14-7-4-8-23-14)15(18(21)22)16(24-10)11-5-2-3-6-13(11)17(19)20/h2-9,12,15-16H,1H3. The molecule has 0 radical (unpaired) electrons. The fourth-order valence-corrected chi connectivity index (χ4v) is 2.96. The molecule has 0 saturated carbocycles. The Morgan fingerprint density at radius 1 is 1.08 bits per heavy atom. The summed E-state index contributed by atoms with van der Waals surface area (Å²) in [6.07, 6.45) is 1.96. The smallest absolute Gasteiger partial charge is 0.276 e. The Hall–Kier alpha value is -3.16. The molecule has 1 aliphatic heterocycles. The predicted molar refractivity (Wildman–Crippen MR) is 82.9 cm³/mol. The maximum absolute atomic E-state index is 11.7. The van der Waals surface area contributed by atoms with Crippen LogP contribution < -0.4 is 0 Å². The second kappa shape index (κ2) is 6.15. The Morgan fingerprint density at radius 2 is 1.83 bits per heavy atom. The summed E-state index contributed by atoms with van der Waals surface area (Å²) in [5, 5.41) is 23.0. The molecule has 124 valence electrons. The van der Waals surface area contributed by atoms with Gasteiger partial charge in [-0.3, -0.25) is 20.2 Å². The van der Waals surface area contributed by atoms with E-state index in [0.29, 0.717) is 11.5 Å². The predicted octanol–water partition coefficient (Wildman–Crippen LogP) is 3.59. The normalized spacial score (nSPS) is 23.2. The van der Waals surface area contributed by atoms with Crippen LogP contribution in [0.2, 0.25) is 0 Å². The lowest BCUT2D eigenvalue weighted by Gasteiger charge is -2.30. The molecule has 0 aliphatic carbocycles. The Labute approximate surface area is 136 Å². The molecule has 1 aromatic carbocycles. The molecular formula is C16H14N2O6. The summed E-state index contributed by atoms with van der Waals surface area (Å²) in [6, 6.07) is 7.96. The summed E-state index contributed by atoms with van der Waals surface area (Å²) in [6.45, 7) is 1.66. The molecule has 0 spiro atoms. The minimum Gasteiger partial charge on any atom is -0.483 e. The lowest BCUT2D eigenvalue weighted by molar-refractivity contribution is -0.541. The molecule has 8 heteroatoms. The molecule has 0 bridgehead atoms. The molecular weight excluding hydrogens is 316 g/mol. The van der Waals surface area contributed by atoms with Crippen molar-refractivity contribution in [3.05, 3.63) is 86.0 Å². The van der Waals surface area contributed by atoms with E-state index in [1.54, 1.807) is 31.2 Å². The molecule has 3 unspecified atom stereocenters. The van der Waals surface area contributed by atoms with Crippen molar-refractivity contribution < 1.29 is 19.0 Å². The van der Waals surface area contributed by atoms with Crippen LogP contribution in [0.1, 0.15) is 30.3 Å². The third-order valence-electron chi connectivity index (χ3n) is 3.96. The first kappa shape index (κ1) is 15.7. The molecule has 3 atom stereocenters. The second-order valence-electron chi connectivity index (χ2n) is 5.45. The van der Waals surface area contributed by atoms with Crippen molar-refractivity contribution in [1.82, 2.24) is 0 Å². The maximum atomic E-state index is 11.7. The van der Waals surface area contributed by atoms with E-state index in [9.17, 15) is 20.2 Å². The molecule has 1 aromatic heterocycles. The number of allylic oxidation sites excluding steroid dienone is 1. The van der Waals surface area contributed by atoms with Crippen molar-refractivity contribution >= 4 is 5.69 Å². The van der Waals surface area contributed by atoms with Crippen LogP contribution in [0.25, 0.3) is 0 Å². The molecule has 0 amide bonds. The van der Waals surface area contributed by atoms with Crippen molar-refractivity contribution in [2.24, 2.45) is 0 Å². The third kappa shape index (κ3) is 2.73. The summed E-state index contributed by atoms with van der Waals surface area (Å²) >= 11 is 0.